The quantitative estimate of drug-likeness (QED) is 0.245. The second kappa shape index (κ2) is 14.5. The van der Waals surface area contributed by atoms with Gasteiger partial charge >= 0.3 is 0 Å². The van der Waals surface area contributed by atoms with Crippen LogP contribution < -0.4 is 9.47 Å². The van der Waals surface area contributed by atoms with E-state index >= 15 is 0 Å². The molecule has 3 heteroatoms. The topological polar surface area (TPSA) is 31.4 Å². The first kappa shape index (κ1) is 24.9. The zero-order chi connectivity index (χ0) is 23.8. The lowest BCUT2D eigenvalue weighted by Gasteiger charge is -2.05. The molecule has 174 valence electrons. The first-order valence-corrected chi connectivity index (χ1v) is 12.2. The predicted molar refractivity (Wildman–Crippen MR) is 139 cm³/mol. The van der Waals surface area contributed by atoms with Crippen molar-refractivity contribution in [1.29, 1.82) is 0 Å². The molecule has 0 aliphatic carbocycles. The summed E-state index contributed by atoms with van der Waals surface area (Å²) in [5.41, 5.74) is 3.46. The maximum atomic E-state index is 5.75. The number of rotatable bonds is 10. The Bertz CT molecular complexity index is 1020. The SMILES string of the molecule is CCCCCOc1ccc(C#Cc2ccc(C#Cc3ccc(OCCCCC)cc3)nc2)cc1. The standard InChI is InChI=1S/C31H33NO2/c1-3-5-7-23-33-30-19-13-26(14-20-30)9-10-28-12-18-29(32-25-28)17-11-27-15-21-31(22-16-27)34-24-8-6-4-2/h12-16,18-22,25H,3-8,23-24H2,1-2H3. The molecule has 0 aliphatic heterocycles. The zero-order valence-corrected chi connectivity index (χ0v) is 20.3. The molecule has 0 N–H and O–H groups in total. The van der Waals surface area contributed by atoms with Crippen molar-refractivity contribution in [3.63, 3.8) is 0 Å². The van der Waals surface area contributed by atoms with Crippen molar-refractivity contribution in [3.05, 3.63) is 89.2 Å². The molecular weight excluding hydrogens is 418 g/mol. The fraction of sp³-hybridized carbons (Fsp3) is 0.323. The molecule has 3 nitrogen and oxygen atoms in total. The molecule has 0 unspecified atom stereocenters. The van der Waals surface area contributed by atoms with Gasteiger partial charge in [-0.05, 0) is 79.4 Å². The molecule has 0 spiro atoms. The molecule has 0 saturated heterocycles. The Morgan fingerprint density at radius 1 is 0.559 bits per heavy atom. The monoisotopic (exact) mass is 451 g/mol. The molecule has 34 heavy (non-hydrogen) atoms. The molecule has 0 aliphatic rings. The average Bonchev–Trinajstić information content (AvgIpc) is 2.89. The van der Waals surface area contributed by atoms with Crippen LogP contribution in [0.3, 0.4) is 0 Å². The maximum absolute atomic E-state index is 5.75. The zero-order valence-electron chi connectivity index (χ0n) is 20.3. The van der Waals surface area contributed by atoms with E-state index in [9.17, 15) is 0 Å². The summed E-state index contributed by atoms with van der Waals surface area (Å²) in [5, 5.41) is 0. The van der Waals surface area contributed by atoms with E-state index in [1.54, 1.807) is 6.20 Å². The molecule has 0 amide bonds. The molecule has 2 aromatic carbocycles. The lowest BCUT2D eigenvalue weighted by Crippen LogP contribution is -1.96. The number of hydrogen-bond donors (Lipinski definition) is 0. The summed E-state index contributed by atoms with van der Waals surface area (Å²) < 4.78 is 11.5. The molecule has 1 heterocycles. The van der Waals surface area contributed by atoms with Crippen molar-refractivity contribution in [1.82, 2.24) is 4.98 Å². The Morgan fingerprint density at radius 3 is 1.50 bits per heavy atom. The van der Waals surface area contributed by atoms with E-state index in [0.29, 0.717) is 0 Å². The van der Waals surface area contributed by atoms with Crippen LogP contribution in [0.5, 0.6) is 11.5 Å². The van der Waals surface area contributed by atoms with Crippen LogP contribution in [0.2, 0.25) is 0 Å². The van der Waals surface area contributed by atoms with Crippen LogP contribution in [-0.2, 0) is 0 Å². The Labute approximate surface area is 204 Å². The highest BCUT2D eigenvalue weighted by atomic mass is 16.5. The lowest BCUT2D eigenvalue weighted by atomic mass is 10.2. The normalized spacial score (nSPS) is 9.94. The molecule has 0 atom stereocenters. The molecule has 0 bridgehead atoms. The van der Waals surface area contributed by atoms with Gasteiger partial charge in [0.25, 0.3) is 0 Å². The van der Waals surface area contributed by atoms with E-state index in [4.69, 9.17) is 9.47 Å². The predicted octanol–water partition coefficient (Wildman–Crippen LogP) is 7.02. The van der Waals surface area contributed by atoms with Gasteiger partial charge in [-0.1, -0.05) is 57.3 Å². The summed E-state index contributed by atoms with van der Waals surface area (Å²) >= 11 is 0. The van der Waals surface area contributed by atoms with Crippen LogP contribution in [0.25, 0.3) is 0 Å². The Morgan fingerprint density at radius 2 is 1.03 bits per heavy atom. The highest BCUT2D eigenvalue weighted by Crippen LogP contribution is 2.13. The summed E-state index contributed by atoms with van der Waals surface area (Å²) in [6.45, 7) is 5.90. The molecule has 1 aromatic heterocycles. The van der Waals surface area contributed by atoms with Crippen molar-refractivity contribution in [3.8, 4) is 35.2 Å². The van der Waals surface area contributed by atoms with Crippen LogP contribution in [-0.4, -0.2) is 18.2 Å². The van der Waals surface area contributed by atoms with E-state index in [-0.39, 0.29) is 0 Å². The maximum Gasteiger partial charge on any atom is 0.119 e. The van der Waals surface area contributed by atoms with Gasteiger partial charge in [0.1, 0.15) is 17.2 Å². The first-order valence-electron chi connectivity index (χ1n) is 12.2. The molecule has 0 fully saturated rings. The summed E-state index contributed by atoms with van der Waals surface area (Å²) in [6.07, 6.45) is 8.73. The third-order valence-corrected chi connectivity index (χ3v) is 5.19. The number of ether oxygens (including phenoxy) is 2. The van der Waals surface area contributed by atoms with Crippen molar-refractivity contribution in [2.24, 2.45) is 0 Å². The number of aromatic nitrogens is 1. The van der Waals surface area contributed by atoms with E-state index in [0.717, 1.165) is 59.9 Å². The van der Waals surface area contributed by atoms with Crippen LogP contribution in [0.1, 0.15) is 74.8 Å². The van der Waals surface area contributed by atoms with Crippen LogP contribution in [0.15, 0.2) is 66.9 Å². The summed E-state index contributed by atoms with van der Waals surface area (Å²) in [7, 11) is 0. The van der Waals surface area contributed by atoms with Crippen molar-refractivity contribution < 1.29 is 9.47 Å². The summed E-state index contributed by atoms with van der Waals surface area (Å²) in [6, 6.07) is 19.6. The largest absolute Gasteiger partial charge is 0.494 e. The number of nitrogens with zero attached hydrogens (tertiary/aromatic N) is 1. The Balaban J connectivity index is 1.50. The van der Waals surface area contributed by atoms with Crippen LogP contribution in [0.4, 0.5) is 0 Å². The van der Waals surface area contributed by atoms with Gasteiger partial charge in [-0.15, -0.1) is 0 Å². The van der Waals surface area contributed by atoms with E-state index in [1.165, 1.54) is 25.7 Å². The van der Waals surface area contributed by atoms with E-state index in [2.05, 4.69) is 42.5 Å². The van der Waals surface area contributed by atoms with Crippen LogP contribution in [0, 0.1) is 23.7 Å². The highest BCUT2D eigenvalue weighted by Gasteiger charge is 1.96. The van der Waals surface area contributed by atoms with Crippen molar-refractivity contribution in [2.45, 2.75) is 52.4 Å². The Hall–Kier alpha value is -3.69. The van der Waals surface area contributed by atoms with E-state index < -0.39 is 0 Å². The van der Waals surface area contributed by atoms with Crippen molar-refractivity contribution >= 4 is 0 Å². The minimum atomic E-state index is 0.718. The highest BCUT2D eigenvalue weighted by molar-refractivity contribution is 5.46. The summed E-state index contributed by atoms with van der Waals surface area (Å²) in [4.78, 5) is 4.42. The van der Waals surface area contributed by atoms with Gasteiger partial charge < -0.3 is 9.47 Å². The number of benzene rings is 2. The fourth-order valence-electron chi connectivity index (χ4n) is 3.18. The average molecular weight is 452 g/mol. The van der Waals surface area contributed by atoms with Gasteiger partial charge in [-0.3, -0.25) is 0 Å². The minimum Gasteiger partial charge on any atom is -0.494 e. The smallest absolute Gasteiger partial charge is 0.119 e. The van der Waals surface area contributed by atoms with Gasteiger partial charge in [0.2, 0.25) is 0 Å². The molecular formula is C31H33NO2. The molecule has 3 aromatic rings. The second-order valence-electron chi connectivity index (χ2n) is 8.09. The van der Waals surface area contributed by atoms with Gasteiger partial charge in [0.05, 0.1) is 13.2 Å². The van der Waals surface area contributed by atoms with Crippen LogP contribution >= 0.6 is 0 Å². The van der Waals surface area contributed by atoms with Gasteiger partial charge in [-0.25, -0.2) is 4.98 Å². The van der Waals surface area contributed by atoms with Gasteiger partial charge in [0.15, 0.2) is 0 Å². The minimum absolute atomic E-state index is 0.718. The molecule has 0 radical (unpaired) electrons. The first-order chi connectivity index (χ1) is 16.8. The van der Waals surface area contributed by atoms with Gasteiger partial charge in [0, 0.05) is 22.9 Å². The van der Waals surface area contributed by atoms with E-state index in [1.807, 2.05) is 60.7 Å². The molecule has 0 saturated carbocycles. The number of pyridine rings is 1. The third-order valence-electron chi connectivity index (χ3n) is 5.19. The molecule has 3 rings (SSSR count). The second-order valence-corrected chi connectivity index (χ2v) is 8.09. The lowest BCUT2D eigenvalue weighted by molar-refractivity contribution is 0.306. The fourth-order valence-corrected chi connectivity index (χ4v) is 3.18. The Kier molecular flexibility index (Phi) is 10.6. The number of unbranched alkanes of at least 4 members (excludes halogenated alkanes) is 4. The van der Waals surface area contributed by atoms with Crippen molar-refractivity contribution in [2.75, 3.05) is 13.2 Å². The number of hydrogen-bond acceptors (Lipinski definition) is 3. The third kappa shape index (κ3) is 9.05. The van der Waals surface area contributed by atoms with Gasteiger partial charge in [-0.2, -0.15) is 0 Å². The summed E-state index contributed by atoms with van der Waals surface area (Å²) in [5.74, 6) is 14.4.